The van der Waals surface area contributed by atoms with E-state index in [2.05, 4.69) is 215 Å². The van der Waals surface area contributed by atoms with Gasteiger partial charge in [-0.2, -0.15) is 0 Å². The first kappa shape index (κ1) is 113. The molecule has 0 heterocycles. The maximum Gasteiger partial charge on any atom is 0.472 e. The summed E-state index contributed by atoms with van der Waals surface area (Å²) in [7, 11) is -9.82. The molecule has 5 atom stereocenters. The molecule has 0 amide bonds. The SMILES string of the molecule is CC/C=C\C/C=C\C/C=C\C/C=C\C/C=C\C/C=C\CCCCCCCCCCCCCCC(=O)OCC(O)COP(=O)(O)OCC(O)COP(=O)(O)OCC(COC(=O)CCCCCCCCCCCCC/C=C\C/C=C\C/C=C\C/C=C\C/C=C\CC)OC(=O)CCCCCCCCCCC/C=C\C/C=C\C/C=C\C/C=C\C/C=C\CC. The largest absolute Gasteiger partial charge is 0.472 e. The molecular formula is C101H168O16P2. The summed E-state index contributed by atoms with van der Waals surface area (Å²) >= 11 is 0. The lowest BCUT2D eigenvalue weighted by Gasteiger charge is -2.21. The summed E-state index contributed by atoms with van der Waals surface area (Å²) in [6, 6.07) is 0. The normalized spacial score (nSPS) is 14.6. The van der Waals surface area contributed by atoms with Gasteiger partial charge in [0.1, 0.15) is 25.4 Å². The second-order valence-corrected chi connectivity index (χ2v) is 33.6. The highest BCUT2D eigenvalue weighted by Gasteiger charge is 2.29. The molecule has 0 aromatic rings. The molecule has 0 spiro atoms. The number of hydrogen-bond acceptors (Lipinski definition) is 14. The molecular weight excluding hydrogens is 1530 g/mol. The van der Waals surface area contributed by atoms with Crippen LogP contribution >= 0.6 is 15.6 Å². The summed E-state index contributed by atoms with van der Waals surface area (Å²) in [5.41, 5.74) is 0. The second-order valence-electron chi connectivity index (χ2n) is 30.7. The zero-order valence-corrected chi connectivity index (χ0v) is 76.5. The number of unbranched alkanes of at least 4 members (excludes halogenated alkanes) is 32. The number of aliphatic hydroxyl groups excluding tert-OH is 2. The van der Waals surface area contributed by atoms with Crippen molar-refractivity contribution in [3.8, 4) is 0 Å². The number of esters is 3. The average Bonchev–Trinajstić information content (AvgIpc) is 0.905. The molecule has 4 N–H and O–H groups in total. The van der Waals surface area contributed by atoms with Gasteiger partial charge in [-0.05, 0) is 161 Å². The van der Waals surface area contributed by atoms with Gasteiger partial charge >= 0.3 is 33.6 Å². The van der Waals surface area contributed by atoms with Crippen molar-refractivity contribution in [3.63, 3.8) is 0 Å². The molecule has 0 aromatic heterocycles. The molecule has 678 valence electrons. The van der Waals surface area contributed by atoms with E-state index in [0.29, 0.717) is 19.3 Å². The zero-order chi connectivity index (χ0) is 86.5. The molecule has 0 aliphatic rings. The van der Waals surface area contributed by atoms with Crippen LogP contribution in [0.2, 0.25) is 0 Å². The fraction of sp³-hybridized carbons (Fsp3) is 0.653. The van der Waals surface area contributed by atoms with Crippen LogP contribution in [-0.2, 0) is 55.8 Å². The van der Waals surface area contributed by atoms with E-state index >= 15 is 0 Å². The van der Waals surface area contributed by atoms with Crippen molar-refractivity contribution >= 4 is 33.6 Å². The summed E-state index contributed by atoms with van der Waals surface area (Å²) in [6.45, 7) is 2.36. The number of aliphatic hydroxyl groups is 2. The quantitative estimate of drug-likeness (QED) is 0.0146. The molecule has 119 heavy (non-hydrogen) atoms. The minimum absolute atomic E-state index is 0.0905. The highest BCUT2D eigenvalue weighted by Crippen LogP contribution is 2.45. The zero-order valence-electron chi connectivity index (χ0n) is 74.7. The Morgan fingerprint density at radius 2 is 0.420 bits per heavy atom. The Hall–Kier alpha value is -5.61. The maximum absolute atomic E-state index is 13.1. The number of carbonyl (C=O) groups excluding carboxylic acids is 3. The van der Waals surface area contributed by atoms with Crippen molar-refractivity contribution in [1.82, 2.24) is 0 Å². The Kier molecular flexibility index (Phi) is 87.3. The maximum atomic E-state index is 13.1. The van der Waals surface area contributed by atoms with E-state index in [1.54, 1.807) is 0 Å². The molecule has 0 saturated carbocycles. The van der Waals surface area contributed by atoms with Crippen molar-refractivity contribution in [2.75, 3.05) is 39.6 Å². The monoisotopic (exact) mass is 1700 g/mol. The van der Waals surface area contributed by atoms with Gasteiger partial charge in [-0.15, -0.1) is 0 Å². The molecule has 0 aliphatic heterocycles. The van der Waals surface area contributed by atoms with Crippen LogP contribution < -0.4 is 0 Å². The number of phosphoric acid groups is 2. The van der Waals surface area contributed by atoms with E-state index < -0.39 is 91.5 Å². The molecule has 0 bridgehead atoms. The Labute approximate surface area is 725 Å². The predicted molar refractivity (Wildman–Crippen MR) is 500 cm³/mol. The lowest BCUT2D eigenvalue weighted by atomic mass is 10.0. The molecule has 0 aromatic carbocycles. The smallest absolute Gasteiger partial charge is 0.463 e. The van der Waals surface area contributed by atoms with Gasteiger partial charge in [-0.25, -0.2) is 9.13 Å². The van der Waals surface area contributed by atoms with E-state index in [-0.39, 0.29) is 19.3 Å². The molecule has 16 nitrogen and oxygen atoms in total. The van der Waals surface area contributed by atoms with Crippen LogP contribution in [0.3, 0.4) is 0 Å². The highest BCUT2D eigenvalue weighted by atomic mass is 31.2. The van der Waals surface area contributed by atoms with Crippen LogP contribution in [0.15, 0.2) is 194 Å². The van der Waals surface area contributed by atoms with Gasteiger partial charge in [-0.3, -0.25) is 32.5 Å². The fourth-order valence-corrected chi connectivity index (χ4v) is 13.9. The molecule has 18 heteroatoms. The Morgan fingerprint density at radius 3 is 0.664 bits per heavy atom. The van der Waals surface area contributed by atoms with Gasteiger partial charge in [0.25, 0.3) is 0 Å². The van der Waals surface area contributed by atoms with Gasteiger partial charge in [0.15, 0.2) is 6.10 Å². The summed E-state index contributed by atoms with van der Waals surface area (Å²) in [5.74, 6) is -1.58. The molecule has 0 rings (SSSR count). The topological polar surface area (TPSA) is 231 Å². The fourth-order valence-electron chi connectivity index (χ4n) is 12.3. The molecule has 5 unspecified atom stereocenters. The van der Waals surface area contributed by atoms with E-state index in [4.69, 9.17) is 32.3 Å². The van der Waals surface area contributed by atoms with Gasteiger partial charge in [0.2, 0.25) is 0 Å². The summed E-state index contributed by atoms with van der Waals surface area (Å²) in [4.78, 5) is 59.1. The summed E-state index contributed by atoms with van der Waals surface area (Å²) in [5, 5.41) is 20.8. The summed E-state index contributed by atoms with van der Waals surface area (Å²) in [6.07, 6.45) is 122. The molecule has 0 saturated heterocycles. The van der Waals surface area contributed by atoms with Crippen molar-refractivity contribution in [2.45, 2.75) is 386 Å². The van der Waals surface area contributed by atoms with Crippen LogP contribution in [0.5, 0.6) is 0 Å². The van der Waals surface area contributed by atoms with Crippen LogP contribution in [0.25, 0.3) is 0 Å². The number of carbonyl (C=O) groups is 3. The third kappa shape index (κ3) is 92.9. The first-order chi connectivity index (χ1) is 58.2. The van der Waals surface area contributed by atoms with Crippen molar-refractivity contribution in [3.05, 3.63) is 194 Å². The van der Waals surface area contributed by atoms with Gasteiger partial charge in [0.05, 0.1) is 26.4 Å². The number of hydrogen-bond donors (Lipinski definition) is 4. The third-order valence-corrected chi connectivity index (χ3v) is 21.2. The summed E-state index contributed by atoms with van der Waals surface area (Å²) < 4.78 is 61.5. The van der Waals surface area contributed by atoms with Gasteiger partial charge < -0.3 is 34.2 Å². The van der Waals surface area contributed by atoms with Crippen molar-refractivity contribution in [2.24, 2.45) is 0 Å². The number of ether oxygens (including phenoxy) is 3. The van der Waals surface area contributed by atoms with E-state index in [9.17, 15) is 43.5 Å². The Balaban J connectivity index is 4.65. The molecule has 0 fully saturated rings. The van der Waals surface area contributed by atoms with E-state index in [1.165, 1.54) is 116 Å². The predicted octanol–water partition coefficient (Wildman–Crippen LogP) is 29.0. The van der Waals surface area contributed by atoms with Crippen LogP contribution in [-0.4, -0.2) is 95.9 Å². The van der Waals surface area contributed by atoms with Crippen LogP contribution in [0.1, 0.15) is 367 Å². The highest BCUT2D eigenvalue weighted by molar-refractivity contribution is 7.47. The minimum atomic E-state index is -4.95. The average molecular weight is 1700 g/mol. The number of allylic oxidation sites excluding steroid dienone is 32. The third-order valence-electron chi connectivity index (χ3n) is 19.3. The van der Waals surface area contributed by atoms with Crippen molar-refractivity contribution in [1.29, 1.82) is 0 Å². The lowest BCUT2D eigenvalue weighted by Crippen LogP contribution is -2.30. The Morgan fingerprint density at radius 1 is 0.235 bits per heavy atom. The van der Waals surface area contributed by atoms with E-state index in [0.717, 1.165) is 193 Å². The number of phosphoric ester groups is 2. The molecule has 0 aliphatic carbocycles. The van der Waals surface area contributed by atoms with E-state index in [1.807, 2.05) is 0 Å². The van der Waals surface area contributed by atoms with Gasteiger partial charge in [-0.1, -0.05) is 382 Å². The van der Waals surface area contributed by atoms with Crippen LogP contribution in [0.4, 0.5) is 0 Å². The minimum Gasteiger partial charge on any atom is -0.463 e. The second kappa shape index (κ2) is 91.6. The van der Waals surface area contributed by atoms with Gasteiger partial charge in [0, 0.05) is 19.3 Å². The first-order valence-corrected chi connectivity index (χ1v) is 49.7. The van der Waals surface area contributed by atoms with Crippen LogP contribution in [0, 0.1) is 0 Å². The number of rotatable bonds is 87. The first-order valence-electron chi connectivity index (χ1n) is 46.7. The van der Waals surface area contributed by atoms with Crippen molar-refractivity contribution < 1.29 is 75.8 Å². The standard InChI is InChI=1S/C101H168O16P2/c1-4-7-10-13-16-19-22-25-28-31-34-37-40-43-45-46-47-48-50-53-54-57-60-63-66-69-72-75-78-81-84-87-99(104)111-90-96(102)91-113-118(107,108)114-92-97(103)93-115-119(109,110)116-95-98(117-101(106)89-86-83-80-77-74-71-68-65-62-59-56-51-42-39-36-33-30-27-24-21-18-15-12-9-6-3)94-112-100(105)88-85-82-79-76-73-70-67-64-61-58-55-52-49-44-41-38-35-32-29-26-23-20-17-14-11-8-5-2/h7-12,16-21,25-30,34-39,43-45,47-49,51,56,96-98,102-103H,4-6,13-15,22-24,31-33,40-42,46,50,52-55,57-95H2,1-3H3,(H,107,108)(H,109,110)/b10-7-,11-8-,12-9-,19-16-,20-17-,21-18-,28-25-,29-26-,30-27-,37-34-,38-35-,39-36-,45-43-,48-47-,49-44-,56-51-. The lowest BCUT2D eigenvalue weighted by molar-refractivity contribution is -0.161. The molecule has 0 radical (unpaired) electrons. The Bertz CT molecular complexity index is 2940.